The molecule has 0 saturated carbocycles. The van der Waals surface area contributed by atoms with Crippen LogP contribution in [0.25, 0.3) is 0 Å². The van der Waals surface area contributed by atoms with Crippen LogP contribution >= 0.6 is 0 Å². The van der Waals surface area contributed by atoms with E-state index in [4.69, 9.17) is 9.47 Å². The minimum atomic E-state index is -3.66. The van der Waals surface area contributed by atoms with E-state index in [1.54, 1.807) is 45.6 Å². The molecule has 0 aliphatic carbocycles. The Bertz CT molecular complexity index is 1630. The highest BCUT2D eigenvalue weighted by Crippen LogP contribution is 2.33. The summed E-state index contributed by atoms with van der Waals surface area (Å²) in [6.07, 6.45) is 2.70. The Morgan fingerprint density at radius 2 is 1.50 bits per heavy atom. The van der Waals surface area contributed by atoms with Gasteiger partial charge in [0.05, 0.1) is 16.0 Å². The summed E-state index contributed by atoms with van der Waals surface area (Å²) in [7, 11) is -3.66. The molecule has 11 heteroatoms. The number of carbonyl (C=O) groups is 2. The summed E-state index contributed by atoms with van der Waals surface area (Å²) in [6, 6.07) is 18.9. The van der Waals surface area contributed by atoms with Crippen molar-refractivity contribution in [2.24, 2.45) is 0 Å². The highest BCUT2D eigenvalue weighted by Gasteiger charge is 2.35. The SMILES string of the molecule is C[C@@H]1CCC[C@@H](C)N1S(=O)(=O)c1ccc(NC(=O)c2ccccc2C(=O)N2CCN(Cc3ccc4c(c3)OCO4)CC2)cc1. The van der Waals surface area contributed by atoms with Crippen LogP contribution in [-0.4, -0.2) is 79.4 Å². The molecule has 2 amide bonds. The lowest BCUT2D eigenvalue weighted by Crippen LogP contribution is -2.48. The second kappa shape index (κ2) is 12.6. The van der Waals surface area contributed by atoms with Gasteiger partial charge in [0.25, 0.3) is 11.8 Å². The number of piperazine rings is 1. The van der Waals surface area contributed by atoms with Crippen molar-refractivity contribution < 1.29 is 27.5 Å². The van der Waals surface area contributed by atoms with Gasteiger partial charge in [0.2, 0.25) is 16.8 Å². The Balaban J connectivity index is 1.08. The number of piperidine rings is 1. The van der Waals surface area contributed by atoms with E-state index >= 15 is 0 Å². The van der Waals surface area contributed by atoms with Crippen LogP contribution in [0.5, 0.6) is 11.5 Å². The third kappa shape index (κ3) is 6.17. The van der Waals surface area contributed by atoms with Gasteiger partial charge in [-0.3, -0.25) is 14.5 Å². The van der Waals surface area contributed by atoms with Crippen LogP contribution in [0.4, 0.5) is 5.69 Å². The molecule has 2 atom stereocenters. The Hall–Kier alpha value is -3.93. The molecule has 10 nitrogen and oxygen atoms in total. The summed E-state index contributed by atoms with van der Waals surface area (Å²) in [6.45, 7) is 7.38. The van der Waals surface area contributed by atoms with E-state index in [0.717, 1.165) is 42.9 Å². The van der Waals surface area contributed by atoms with Gasteiger partial charge in [-0.15, -0.1) is 0 Å². The highest BCUT2D eigenvalue weighted by molar-refractivity contribution is 7.89. The Morgan fingerprint density at radius 3 is 2.20 bits per heavy atom. The molecule has 6 rings (SSSR count). The molecule has 0 spiro atoms. The van der Waals surface area contributed by atoms with Crippen molar-refractivity contribution in [1.29, 1.82) is 0 Å². The van der Waals surface area contributed by atoms with Crippen molar-refractivity contribution in [1.82, 2.24) is 14.1 Å². The molecule has 3 aromatic rings. The maximum Gasteiger partial charge on any atom is 0.256 e. The van der Waals surface area contributed by atoms with E-state index in [-0.39, 0.29) is 35.2 Å². The molecule has 3 heterocycles. The van der Waals surface area contributed by atoms with E-state index in [9.17, 15) is 18.0 Å². The topological polar surface area (TPSA) is 108 Å². The molecule has 44 heavy (non-hydrogen) atoms. The molecule has 2 saturated heterocycles. The zero-order valence-electron chi connectivity index (χ0n) is 25.1. The molecule has 3 aromatic carbocycles. The fourth-order valence-corrected chi connectivity index (χ4v) is 8.23. The Morgan fingerprint density at radius 1 is 0.841 bits per heavy atom. The molecule has 0 bridgehead atoms. The minimum Gasteiger partial charge on any atom is -0.454 e. The van der Waals surface area contributed by atoms with Gasteiger partial charge in [0.15, 0.2) is 11.5 Å². The second-order valence-corrected chi connectivity index (χ2v) is 13.6. The average Bonchev–Trinajstić information content (AvgIpc) is 3.49. The van der Waals surface area contributed by atoms with Crippen LogP contribution < -0.4 is 14.8 Å². The van der Waals surface area contributed by atoms with Crippen LogP contribution in [0.3, 0.4) is 0 Å². The fourth-order valence-electron chi connectivity index (χ4n) is 6.35. The zero-order valence-corrected chi connectivity index (χ0v) is 25.9. The lowest BCUT2D eigenvalue weighted by Gasteiger charge is -2.37. The largest absolute Gasteiger partial charge is 0.454 e. The van der Waals surface area contributed by atoms with E-state index in [0.29, 0.717) is 37.4 Å². The quantitative estimate of drug-likeness (QED) is 0.413. The smallest absolute Gasteiger partial charge is 0.256 e. The molecule has 2 fully saturated rings. The normalized spacial score (nSPS) is 20.8. The number of amides is 2. The Labute approximate surface area is 258 Å². The molecule has 1 N–H and O–H groups in total. The number of sulfonamides is 1. The van der Waals surface area contributed by atoms with Crippen molar-refractivity contribution in [2.75, 3.05) is 38.3 Å². The first-order valence-corrected chi connectivity index (χ1v) is 16.6. The summed E-state index contributed by atoms with van der Waals surface area (Å²) in [4.78, 5) is 31.2. The molecule has 0 aromatic heterocycles. The van der Waals surface area contributed by atoms with Crippen LogP contribution in [-0.2, 0) is 16.6 Å². The second-order valence-electron chi connectivity index (χ2n) is 11.7. The van der Waals surface area contributed by atoms with Gasteiger partial charge >= 0.3 is 0 Å². The first-order chi connectivity index (χ1) is 21.2. The number of hydrogen-bond donors (Lipinski definition) is 1. The van der Waals surface area contributed by atoms with Gasteiger partial charge in [0.1, 0.15) is 0 Å². The fraction of sp³-hybridized carbons (Fsp3) is 0.394. The van der Waals surface area contributed by atoms with E-state index < -0.39 is 15.9 Å². The number of fused-ring (bicyclic) bond motifs is 1. The average molecular weight is 619 g/mol. The predicted molar refractivity (Wildman–Crippen MR) is 166 cm³/mol. The van der Waals surface area contributed by atoms with Crippen molar-refractivity contribution in [3.63, 3.8) is 0 Å². The van der Waals surface area contributed by atoms with Crippen molar-refractivity contribution >= 4 is 27.5 Å². The molecular weight excluding hydrogens is 580 g/mol. The zero-order chi connectivity index (χ0) is 30.8. The molecule has 232 valence electrons. The highest BCUT2D eigenvalue weighted by atomic mass is 32.2. The maximum atomic E-state index is 13.6. The van der Waals surface area contributed by atoms with Crippen LogP contribution in [0, 0.1) is 0 Å². The number of nitrogens with zero attached hydrogens (tertiary/aromatic N) is 3. The predicted octanol–water partition coefficient (Wildman–Crippen LogP) is 4.58. The maximum absolute atomic E-state index is 13.6. The van der Waals surface area contributed by atoms with Gasteiger partial charge in [-0.2, -0.15) is 4.31 Å². The van der Waals surface area contributed by atoms with Crippen LogP contribution in [0.15, 0.2) is 71.6 Å². The van der Waals surface area contributed by atoms with Gasteiger partial charge in [-0.25, -0.2) is 8.42 Å². The number of rotatable bonds is 7. The molecule has 3 aliphatic rings. The number of ether oxygens (including phenoxy) is 2. The summed E-state index contributed by atoms with van der Waals surface area (Å²) < 4.78 is 39.2. The lowest BCUT2D eigenvalue weighted by molar-refractivity contribution is 0.0625. The molecular formula is C33H38N4O6S. The standard InChI is InChI=1S/C33H38N4O6S/c1-23-6-5-7-24(2)37(23)44(40,41)27-13-11-26(12-14-27)34-32(38)28-8-3-4-9-29(28)33(39)36-18-16-35(17-19-36)21-25-10-15-30-31(20-25)43-22-42-30/h3-4,8-15,20,23-24H,5-7,16-19,21-22H2,1-2H3,(H,34,38)/t23-,24-/m1/s1. The van der Waals surface area contributed by atoms with Crippen LogP contribution in [0.2, 0.25) is 0 Å². The summed E-state index contributed by atoms with van der Waals surface area (Å²) in [5, 5.41) is 2.84. The van der Waals surface area contributed by atoms with E-state index in [1.807, 2.05) is 32.0 Å². The van der Waals surface area contributed by atoms with Gasteiger partial charge < -0.3 is 19.7 Å². The van der Waals surface area contributed by atoms with Gasteiger partial charge in [-0.1, -0.05) is 24.6 Å². The number of nitrogens with one attached hydrogen (secondary N) is 1. The number of hydrogen-bond acceptors (Lipinski definition) is 7. The third-order valence-electron chi connectivity index (χ3n) is 8.70. The van der Waals surface area contributed by atoms with E-state index in [2.05, 4.69) is 10.2 Å². The number of anilines is 1. The number of benzene rings is 3. The summed E-state index contributed by atoms with van der Waals surface area (Å²) in [5.74, 6) is 0.900. The molecule has 0 unspecified atom stereocenters. The third-order valence-corrected chi connectivity index (χ3v) is 10.8. The minimum absolute atomic E-state index is 0.0600. The first kappa shape index (κ1) is 30.1. The van der Waals surface area contributed by atoms with Crippen molar-refractivity contribution in [2.45, 2.75) is 56.6 Å². The monoisotopic (exact) mass is 618 g/mol. The molecule has 3 aliphatic heterocycles. The number of carbonyl (C=O) groups excluding carboxylic acids is 2. The van der Waals surface area contributed by atoms with Crippen molar-refractivity contribution in [3.05, 3.63) is 83.4 Å². The van der Waals surface area contributed by atoms with E-state index in [1.165, 1.54) is 12.1 Å². The summed E-state index contributed by atoms with van der Waals surface area (Å²) in [5.41, 5.74) is 2.18. The van der Waals surface area contributed by atoms with Gasteiger partial charge in [-0.05, 0) is 80.8 Å². The van der Waals surface area contributed by atoms with Gasteiger partial charge in [0, 0.05) is 50.5 Å². The first-order valence-electron chi connectivity index (χ1n) is 15.1. The lowest BCUT2D eigenvalue weighted by atomic mass is 10.0. The van der Waals surface area contributed by atoms with Crippen LogP contribution in [0.1, 0.15) is 59.4 Å². The van der Waals surface area contributed by atoms with Crippen molar-refractivity contribution in [3.8, 4) is 11.5 Å². The Kier molecular flexibility index (Phi) is 8.61. The summed E-state index contributed by atoms with van der Waals surface area (Å²) >= 11 is 0. The molecule has 0 radical (unpaired) electrons.